The van der Waals surface area contributed by atoms with Crippen molar-refractivity contribution in [3.8, 4) is 0 Å². The van der Waals surface area contributed by atoms with Crippen LogP contribution in [0.2, 0.25) is 0 Å². The van der Waals surface area contributed by atoms with Crippen LogP contribution in [-0.2, 0) is 11.8 Å². The van der Waals surface area contributed by atoms with Gasteiger partial charge in [0.25, 0.3) is 0 Å². The minimum Gasteiger partial charge on any atom is -0.337 e. The van der Waals surface area contributed by atoms with Gasteiger partial charge < -0.3 is 20.4 Å². The molecule has 2 N–H and O–H groups in total. The molecule has 1 saturated heterocycles. The lowest BCUT2D eigenvalue weighted by Gasteiger charge is -2.36. The summed E-state index contributed by atoms with van der Waals surface area (Å²) in [5.74, 6) is -0.125. The summed E-state index contributed by atoms with van der Waals surface area (Å²) >= 11 is 0. The lowest BCUT2D eigenvalue weighted by Crippen LogP contribution is -2.54. The monoisotopic (exact) mass is 294 g/mol. The molecular formula is C13H22N6O2. The second-order valence-electron chi connectivity index (χ2n) is 5.41. The summed E-state index contributed by atoms with van der Waals surface area (Å²) in [6, 6.07) is -0.728. The van der Waals surface area contributed by atoms with Gasteiger partial charge in [0.15, 0.2) is 0 Å². The van der Waals surface area contributed by atoms with Crippen molar-refractivity contribution in [1.82, 2.24) is 24.5 Å². The molecule has 8 nitrogen and oxygen atoms in total. The average molecular weight is 294 g/mol. The zero-order valence-electron chi connectivity index (χ0n) is 12.7. The number of aryl methyl sites for hydroxylation is 1. The van der Waals surface area contributed by atoms with Gasteiger partial charge in [-0.05, 0) is 0 Å². The molecule has 1 aliphatic heterocycles. The minimum absolute atomic E-state index is 0.0290. The summed E-state index contributed by atoms with van der Waals surface area (Å²) in [6.45, 7) is 2.07. The molecule has 1 unspecified atom stereocenters. The van der Waals surface area contributed by atoms with Gasteiger partial charge in [0, 0.05) is 59.1 Å². The lowest BCUT2D eigenvalue weighted by atomic mass is 10.1. The van der Waals surface area contributed by atoms with Crippen LogP contribution in [0.15, 0.2) is 12.4 Å². The first-order valence-corrected chi connectivity index (χ1v) is 6.89. The van der Waals surface area contributed by atoms with Crippen molar-refractivity contribution in [1.29, 1.82) is 0 Å². The quantitative estimate of drug-likeness (QED) is 0.777. The molecule has 1 aromatic heterocycles. The van der Waals surface area contributed by atoms with E-state index in [4.69, 9.17) is 5.73 Å². The number of carbonyl (C=O) groups is 2. The third-order valence-electron chi connectivity index (χ3n) is 3.59. The van der Waals surface area contributed by atoms with Crippen LogP contribution in [0, 0.1) is 0 Å². The fourth-order valence-corrected chi connectivity index (χ4v) is 2.34. The lowest BCUT2D eigenvalue weighted by molar-refractivity contribution is -0.134. The molecular weight excluding hydrogens is 272 g/mol. The maximum Gasteiger partial charge on any atom is 0.319 e. The van der Waals surface area contributed by atoms with Gasteiger partial charge in [-0.25, -0.2) is 4.79 Å². The Balaban J connectivity index is 1.92. The Labute approximate surface area is 124 Å². The molecule has 8 heteroatoms. The predicted molar refractivity (Wildman–Crippen MR) is 77.4 cm³/mol. The van der Waals surface area contributed by atoms with Gasteiger partial charge in [-0.2, -0.15) is 5.10 Å². The minimum atomic E-state index is -0.699. The molecule has 1 atom stereocenters. The molecule has 0 spiro atoms. The van der Waals surface area contributed by atoms with E-state index < -0.39 is 6.04 Å². The van der Waals surface area contributed by atoms with E-state index in [1.807, 2.05) is 0 Å². The number of carbonyl (C=O) groups excluding carboxylic acids is 2. The van der Waals surface area contributed by atoms with E-state index in [0.29, 0.717) is 31.7 Å². The van der Waals surface area contributed by atoms with Crippen LogP contribution in [0.1, 0.15) is 11.6 Å². The van der Waals surface area contributed by atoms with Crippen LogP contribution in [0.3, 0.4) is 0 Å². The predicted octanol–water partition coefficient (Wildman–Crippen LogP) is -0.754. The Morgan fingerprint density at radius 2 is 1.81 bits per heavy atom. The Morgan fingerprint density at radius 3 is 2.29 bits per heavy atom. The second-order valence-corrected chi connectivity index (χ2v) is 5.41. The van der Waals surface area contributed by atoms with E-state index in [-0.39, 0.29) is 11.9 Å². The smallest absolute Gasteiger partial charge is 0.319 e. The van der Waals surface area contributed by atoms with Crippen molar-refractivity contribution in [2.45, 2.75) is 6.04 Å². The molecule has 1 aliphatic rings. The molecule has 116 valence electrons. The highest BCUT2D eigenvalue weighted by molar-refractivity contribution is 5.83. The molecule has 2 rings (SSSR count). The number of urea groups is 1. The summed E-state index contributed by atoms with van der Waals surface area (Å²) in [5.41, 5.74) is 6.70. The van der Waals surface area contributed by atoms with Crippen molar-refractivity contribution in [2.24, 2.45) is 12.8 Å². The number of nitrogens with zero attached hydrogens (tertiary/aromatic N) is 5. The summed E-state index contributed by atoms with van der Waals surface area (Å²) in [5, 5.41) is 4.03. The Morgan fingerprint density at radius 1 is 1.24 bits per heavy atom. The number of aromatic nitrogens is 2. The van der Waals surface area contributed by atoms with Gasteiger partial charge in [0.1, 0.15) is 6.04 Å². The molecule has 0 aromatic carbocycles. The molecule has 0 saturated carbocycles. The fourth-order valence-electron chi connectivity index (χ4n) is 2.34. The summed E-state index contributed by atoms with van der Waals surface area (Å²) in [4.78, 5) is 29.2. The Kier molecular flexibility index (Phi) is 4.46. The van der Waals surface area contributed by atoms with Gasteiger partial charge >= 0.3 is 6.03 Å². The van der Waals surface area contributed by atoms with E-state index in [9.17, 15) is 9.59 Å². The van der Waals surface area contributed by atoms with Crippen LogP contribution in [0.5, 0.6) is 0 Å². The van der Waals surface area contributed by atoms with Crippen molar-refractivity contribution in [2.75, 3.05) is 40.3 Å². The van der Waals surface area contributed by atoms with E-state index in [2.05, 4.69) is 5.10 Å². The maximum atomic E-state index is 12.4. The highest BCUT2D eigenvalue weighted by Gasteiger charge is 2.28. The number of piperazine rings is 1. The van der Waals surface area contributed by atoms with Gasteiger partial charge in [-0.1, -0.05) is 0 Å². The zero-order valence-corrected chi connectivity index (χ0v) is 12.7. The Hall–Kier alpha value is -2.09. The van der Waals surface area contributed by atoms with Crippen LogP contribution >= 0.6 is 0 Å². The van der Waals surface area contributed by atoms with E-state index in [1.54, 1.807) is 52.9 Å². The Bertz CT molecular complexity index is 518. The molecule has 21 heavy (non-hydrogen) atoms. The standard InChI is InChI=1S/C13H22N6O2/c1-16(2)13(21)19-6-4-18(5-7-19)12(20)11(14)10-8-15-17(3)9-10/h8-9,11H,4-7,14H2,1-3H3. The first-order chi connectivity index (χ1) is 9.90. The first-order valence-electron chi connectivity index (χ1n) is 6.89. The largest absolute Gasteiger partial charge is 0.337 e. The van der Waals surface area contributed by atoms with E-state index >= 15 is 0 Å². The normalized spacial score (nSPS) is 16.8. The van der Waals surface area contributed by atoms with Crippen LogP contribution < -0.4 is 5.73 Å². The van der Waals surface area contributed by atoms with Crippen molar-refractivity contribution in [3.05, 3.63) is 18.0 Å². The summed E-state index contributed by atoms with van der Waals surface area (Å²) in [7, 11) is 5.22. The van der Waals surface area contributed by atoms with Gasteiger partial charge in [-0.3, -0.25) is 9.48 Å². The fraction of sp³-hybridized carbons (Fsp3) is 0.615. The molecule has 0 aliphatic carbocycles. The molecule has 2 heterocycles. The van der Waals surface area contributed by atoms with Crippen molar-refractivity contribution >= 4 is 11.9 Å². The maximum absolute atomic E-state index is 12.4. The zero-order chi connectivity index (χ0) is 15.6. The molecule has 0 bridgehead atoms. The number of hydrogen-bond donors (Lipinski definition) is 1. The highest BCUT2D eigenvalue weighted by Crippen LogP contribution is 2.14. The van der Waals surface area contributed by atoms with Crippen molar-refractivity contribution in [3.63, 3.8) is 0 Å². The molecule has 1 aromatic rings. The van der Waals surface area contributed by atoms with Gasteiger partial charge in [0.2, 0.25) is 5.91 Å². The highest BCUT2D eigenvalue weighted by atomic mass is 16.2. The number of amides is 3. The van der Waals surface area contributed by atoms with E-state index in [1.165, 1.54) is 0 Å². The first kappa shape index (κ1) is 15.3. The average Bonchev–Trinajstić information content (AvgIpc) is 2.91. The van der Waals surface area contributed by atoms with Crippen LogP contribution in [0.25, 0.3) is 0 Å². The van der Waals surface area contributed by atoms with Gasteiger partial charge in [0.05, 0.1) is 6.20 Å². The third kappa shape index (κ3) is 3.33. The molecule has 1 fully saturated rings. The second kappa shape index (κ2) is 6.13. The topological polar surface area (TPSA) is 87.7 Å². The number of hydrogen-bond acceptors (Lipinski definition) is 4. The number of rotatable bonds is 2. The van der Waals surface area contributed by atoms with E-state index in [0.717, 1.165) is 0 Å². The van der Waals surface area contributed by atoms with Gasteiger partial charge in [-0.15, -0.1) is 0 Å². The molecule has 0 radical (unpaired) electrons. The summed E-state index contributed by atoms with van der Waals surface area (Å²) in [6.07, 6.45) is 3.35. The number of nitrogens with two attached hydrogens (primary N) is 1. The van der Waals surface area contributed by atoms with Crippen molar-refractivity contribution < 1.29 is 9.59 Å². The summed E-state index contributed by atoms with van der Waals surface area (Å²) < 4.78 is 1.62. The molecule has 3 amide bonds. The van der Waals surface area contributed by atoms with Crippen LogP contribution in [0.4, 0.5) is 4.79 Å². The third-order valence-corrected chi connectivity index (χ3v) is 3.59. The SMILES string of the molecule is CN(C)C(=O)N1CCN(C(=O)C(N)c2cnn(C)c2)CC1. The van der Waals surface area contributed by atoms with Crippen LogP contribution in [-0.4, -0.2) is 76.7 Å².